The first kappa shape index (κ1) is 10.9. The molecule has 1 unspecified atom stereocenters. The maximum absolute atomic E-state index is 5.97. The molecule has 1 heterocycles. The van der Waals surface area contributed by atoms with E-state index in [1.807, 2.05) is 18.2 Å². The molecule has 3 nitrogen and oxygen atoms in total. The number of fused-ring (bicyclic) bond motifs is 1. The van der Waals surface area contributed by atoms with E-state index >= 15 is 0 Å². The lowest BCUT2D eigenvalue weighted by atomic mass is 9.78. The maximum Gasteiger partial charge on any atom is 0.142 e. The molecule has 1 aromatic carbocycles. The number of anilines is 1. The van der Waals surface area contributed by atoms with Crippen molar-refractivity contribution in [3.05, 3.63) is 24.3 Å². The zero-order valence-corrected chi connectivity index (χ0v) is 10.3. The molecule has 0 bridgehead atoms. The van der Waals surface area contributed by atoms with Gasteiger partial charge in [-0.25, -0.2) is 0 Å². The van der Waals surface area contributed by atoms with Gasteiger partial charge < -0.3 is 15.4 Å². The van der Waals surface area contributed by atoms with Crippen molar-refractivity contribution in [1.82, 2.24) is 5.32 Å². The molecule has 1 saturated carbocycles. The fraction of sp³-hybridized carbons (Fsp3) is 0.571. The van der Waals surface area contributed by atoms with Gasteiger partial charge in [0.25, 0.3) is 0 Å². The molecule has 3 rings (SSSR count). The average Bonchev–Trinajstić information content (AvgIpc) is 2.34. The summed E-state index contributed by atoms with van der Waals surface area (Å²) in [6, 6.07) is 8.14. The molecular weight excluding hydrogens is 212 g/mol. The number of benzene rings is 1. The minimum atomic E-state index is 0.238. The van der Waals surface area contributed by atoms with Gasteiger partial charge in [0.1, 0.15) is 11.9 Å². The average molecular weight is 232 g/mol. The summed E-state index contributed by atoms with van der Waals surface area (Å²) >= 11 is 0. The predicted octanol–water partition coefficient (Wildman–Crippen LogP) is 2.39. The van der Waals surface area contributed by atoms with Crippen molar-refractivity contribution in [2.24, 2.45) is 0 Å². The van der Waals surface area contributed by atoms with E-state index in [1.165, 1.54) is 19.3 Å². The van der Waals surface area contributed by atoms with E-state index in [2.05, 4.69) is 23.6 Å². The largest absolute Gasteiger partial charge is 0.485 e. The molecule has 0 aromatic heterocycles. The lowest BCUT2D eigenvalue weighted by Crippen LogP contribution is -2.52. The number of hydrogen-bond acceptors (Lipinski definition) is 3. The van der Waals surface area contributed by atoms with Crippen LogP contribution in [0.25, 0.3) is 0 Å². The first-order valence-electron chi connectivity index (χ1n) is 6.50. The molecule has 0 radical (unpaired) electrons. The van der Waals surface area contributed by atoms with Crippen LogP contribution in [0.2, 0.25) is 0 Å². The van der Waals surface area contributed by atoms with Crippen molar-refractivity contribution in [2.45, 2.75) is 37.8 Å². The lowest BCUT2D eigenvalue weighted by Gasteiger charge is -2.41. The van der Waals surface area contributed by atoms with Crippen LogP contribution in [0.1, 0.15) is 26.2 Å². The van der Waals surface area contributed by atoms with Crippen molar-refractivity contribution in [3.8, 4) is 5.75 Å². The Balaban J connectivity index is 1.57. The van der Waals surface area contributed by atoms with Gasteiger partial charge in [0, 0.05) is 12.1 Å². The zero-order valence-electron chi connectivity index (χ0n) is 10.3. The van der Waals surface area contributed by atoms with E-state index < -0.39 is 0 Å². The minimum absolute atomic E-state index is 0.238. The van der Waals surface area contributed by atoms with Gasteiger partial charge in [-0.15, -0.1) is 0 Å². The highest BCUT2D eigenvalue weighted by atomic mass is 16.5. The van der Waals surface area contributed by atoms with Crippen molar-refractivity contribution in [1.29, 1.82) is 0 Å². The highest BCUT2D eigenvalue weighted by Crippen LogP contribution is 2.32. The normalized spacial score (nSPS) is 25.1. The molecule has 1 aromatic rings. The van der Waals surface area contributed by atoms with Gasteiger partial charge in [0.2, 0.25) is 0 Å². The van der Waals surface area contributed by atoms with Crippen molar-refractivity contribution >= 4 is 5.69 Å². The Morgan fingerprint density at radius 1 is 1.41 bits per heavy atom. The molecule has 0 amide bonds. The van der Waals surface area contributed by atoms with Crippen LogP contribution in [0.15, 0.2) is 24.3 Å². The highest BCUT2D eigenvalue weighted by molar-refractivity contribution is 5.57. The second kappa shape index (κ2) is 4.22. The van der Waals surface area contributed by atoms with E-state index in [0.29, 0.717) is 5.54 Å². The van der Waals surface area contributed by atoms with Gasteiger partial charge in [-0.2, -0.15) is 0 Å². The van der Waals surface area contributed by atoms with Gasteiger partial charge in [-0.05, 0) is 38.3 Å². The molecule has 1 fully saturated rings. The third-order valence-electron chi connectivity index (χ3n) is 3.91. The second-order valence-electron chi connectivity index (χ2n) is 5.41. The van der Waals surface area contributed by atoms with Crippen LogP contribution in [0.3, 0.4) is 0 Å². The Morgan fingerprint density at radius 3 is 3.00 bits per heavy atom. The lowest BCUT2D eigenvalue weighted by molar-refractivity contribution is 0.150. The molecule has 2 N–H and O–H groups in total. The summed E-state index contributed by atoms with van der Waals surface area (Å²) in [6.07, 6.45) is 4.19. The SMILES string of the molecule is CC1(NCC2CNc3ccccc3O2)CCC1. The van der Waals surface area contributed by atoms with E-state index in [0.717, 1.165) is 24.5 Å². The molecule has 1 aliphatic carbocycles. The number of para-hydroxylation sites is 2. The zero-order chi connectivity index (χ0) is 11.7. The monoisotopic (exact) mass is 232 g/mol. The summed E-state index contributed by atoms with van der Waals surface area (Å²) in [5, 5.41) is 7.05. The van der Waals surface area contributed by atoms with Crippen molar-refractivity contribution in [3.63, 3.8) is 0 Å². The third kappa shape index (κ3) is 2.25. The summed E-state index contributed by atoms with van der Waals surface area (Å²) in [4.78, 5) is 0. The van der Waals surface area contributed by atoms with Crippen molar-refractivity contribution in [2.75, 3.05) is 18.4 Å². The topological polar surface area (TPSA) is 33.3 Å². The third-order valence-corrected chi connectivity index (χ3v) is 3.91. The summed E-state index contributed by atoms with van der Waals surface area (Å²) in [6.45, 7) is 4.12. The summed E-state index contributed by atoms with van der Waals surface area (Å²) in [5.74, 6) is 0.976. The number of ether oxygens (including phenoxy) is 1. The number of nitrogens with one attached hydrogen (secondary N) is 2. The highest BCUT2D eigenvalue weighted by Gasteiger charge is 2.32. The maximum atomic E-state index is 5.97. The van der Waals surface area contributed by atoms with Gasteiger partial charge in [0.05, 0.1) is 12.2 Å². The van der Waals surface area contributed by atoms with Crippen LogP contribution < -0.4 is 15.4 Å². The minimum Gasteiger partial charge on any atom is -0.485 e. The van der Waals surface area contributed by atoms with Crippen LogP contribution in [0, 0.1) is 0 Å². The van der Waals surface area contributed by atoms with Crippen LogP contribution in [-0.4, -0.2) is 24.7 Å². The molecular formula is C14H20N2O. The van der Waals surface area contributed by atoms with E-state index in [1.54, 1.807) is 0 Å². The fourth-order valence-electron chi connectivity index (χ4n) is 2.52. The predicted molar refractivity (Wildman–Crippen MR) is 69.6 cm³/mol. The van der Waals surface area contributed by atoms with Gasteiger partial charge in [-0.1, -0.05) is 12.1 Å². The molecule has 1 atom stereocenters. The number of hydrogen-bond donors (Lipinski definition) is 2. The Hall–Kier alpha value is -1.22. The van der Waals surface area contributed by atoms with Gasteiger partial charge >= 0.3 is 0 Å². The number of rotatable bonds is 3. The van der Waals surface area contributed by atoms with Crippen LogP contribution >= 0.6 is 0 Å². The second-order valence-corrected chi connectivity index (χ2v) is 5.41. The summed E-state index contributed by atoms with van der Waals surface area (Å²) in [5.41, 5.74) is 1.47. The van der Waals surface area contributed by atoms with Gasteiger partial charge in [0.15, 0.2) is 0 Å². The molecule has 0 saturated heterocycles. The van der Waals surface area contributed by atoms with E-state index in [-0.39, 0.29) is 6.10 Å². The van der Waals surface area contributed by atoms with Gasteiger partial charge in [-0.3, -0.25) is 0 Å². The Kier molecular flexibility index (Phi) is 2.71. The first-order chi connectivity index (χ1) is 8.25. The van der Waals surface area contributed by atoms with Crippen LogP contribution in [-0.2, 0) is 0 Å². The smallest absolute Gasteiger partial charge is 0.142 e. The van der Waals surface area contributed by atoms with E-state index in [4.69, 9.17) is 4.74 Å². The Bertz CT molecular complexity index is 401. The summed E-state index contributed by atoms with van der Waals surface area (Å²) < 4.78 is 5.97. The Morgan fingerprint density at radius 2 is 2.24 bits per heavy atom. The fourth-order valence-corrected chi connectivity index (χ4v) is 2.52. The van der Waals surface area contributed by atoms with Crippen LogP contribution in [0.5, 0.6) is 5.75 Å². The quantitative estimate of drug-likeness (QED) is 0.839. The summed E-state index contributed by atoms with van der Waals surface area (Å²) in [7, 11) is 0. The molecule has 17 heavy (non-hydrogen) atoms. The van der Waals surface area contributed by atoms with E-state index in [9.17, 15) is 0 Å². The van der Waals surface area contributed by atoms with Crippen molar-refractivity contribution < 1.29 is 4.74 Å². The molecule has 92 valence electrons. The van der Waals surface area contributed by atoms with Crippen LogP contribution in [0.4, 0.5) is 5.69 Å². The molecule has 1 aliphatic heterocycles. The Labute approximate surface area is 103 Å². The first-order valence-corrected chi connectivity index (χ1v) is 6.50. The molecule has 2 aliphatic rings. The standard InChI is InChI=1S/C14H20N2O/c1-14(7-4-8-14)16-10-11-9-15-12-5-2-3-6-13(12)17-11/h2-3,5-6,11,15-16H,4,7-10H2,1H3. The molecule has 0 spiro atoms. The molecule has 3 heteroatoms.